The van der Waals surface area contributed by atoms with Crippen molar-refractivity contribution >= 4 is 28.4 Å². The Morgan fingerprint density at radius 1 is 1.11 bits per heavy atom. The highest BCUT2D eigenvalue weighted by Crippen LogP contribution is 2.29. The fourth-order valence-electron chi connectivity index (χ4n) is 2.35. The van der Waals surface area contributed by atoms with E-state index in [0.717, 1.165) is 5.56 Å². The molecule has 144 valence electrons. The van der Waals surface area contributed by atoms with Gasteiger partial charge in [0.15, 0.2) is 18.1 Å². The number of carboxylic acids is 1. The number of rotatable bonds is 9. The maximum Gasteiger partial charge on any atom is 0.341 e. The van der Waals surface area contributed by atoms with E-state index < -0.39 is 23.4 Å². The summed E-state index contributed by atoms with van der Waals surface area (Å²) in [5.74, 6) is -0.499. The Morgan fingerprint density at radius 2 is 1.89 bits per heavy atom. The molecule has 0 fully saturated rings. The van der Waals surface area contributed by atoms with Gasteiger partial charge in [-0.05, 0) is 42.8 Å². The van der Waals surface area contributed by atoms with E-state index in [1.165, 1.54) is 18.2 Å². The molecule has 0 aliphatic rings. The van der Waals surface area contributed by atoms with Crippen LogP contribution in [0.5, 0.6) is 11.5 Å². The second kappa shape index (κ2) is 9.72. The highest BCUT2D eigenvalue weighted by atomic mass is 32.2. The van der Waals surface area contributed by atoms with Gasteiger partial charge < -0.3 is 19.9 Å². The van der Waals surface area contributed by atoms with Gasteiger partial charge in [0.1, 0.15) is 0 Å². The van der Waals surface area contributed by atoms with Crippen LogP contribution in [0.15, 0.2) is 42.5 Å². The molecule has 0 heterocycles. The predicted octanol–water partition coefficient (Wildman–Crippen LogP) is 2.68. The summed E-state index contributed by atoms with van der Waals surface area (Å²) in [4.78, 5) is 23.2. The second-order valence-electron chi connectivity index (χ2n) is 5.65. The SMILES string of the molecule is CCOc1cc(C(=O)Nc2cccc(CS(C)=O)c2)ccc1OCC(=O)O. The molecule has 2 N–H and O–H groups in total. The lowest BCUT2D eigenvalue weighted by molar-refractivity contribution is -0.139. The van der Waals surface area contributed by atoms with Crippen LogP contribution in [-0.2, 0) is 21.3 Å². The fraction of sp³-hybridized carbons (Fsp3) is 0.263. The largest absolute Gasteiger partial charge is 0.490 e. The standard InChI is InChI=1S/C19H21NO6S/c1-3-25-17-10-14(7-8-16(17)26-11-18(21)22)19(23)20-15-6-4-5-13(9-15)12-27(2)24/h4-10H,3,11-12H2,1-2H3,(H,20,23)(H,21,22). The maximum absolute atomic E-state index is 12.5. The molecule has 1 amide bonds. The molecule has 0 aromatic heterocycles. The van der Waals surface area contributed by atoms with Crippen LogP contribution in [0.4, 0.5) is 5.69 Å². The summed E-state index contributed by atoms with van der Waals surface area (Å²) in [5, 5.41) is 11.5. The molecule has 0 aliphatic heterocycles. The topological polar surface area (TPSA) is 102 Å². The van der Waals surface area contributed by atoms with Crippen LogP contribution in [0, 0.1) is 0 Å². The molecule has 0 radical (unpaired) electrons. The third-order valence-corrected chi connectivity index (χ3v) is 4.15. The number of benzene rings is 2. The highest BCUT2D eigenvalue weighted by molar-refractivity contribution is 7.83. The molecule has 8 heteroatoms. The molecule has 1 unspecified atom stereocenters. The van der Waals surface area contributed by atoms with Crippen LogP contribution in [-0.4, -0.2) is 40.7 Å². The van der Waals surface area contributed by atoms with Gasteiger partial charge in [-0.25, -0.2) is 4.79 Å². The summed E-state index contributed by atoms with van der Waals surface area (Å²) >= 11 is 0. The first-order valence-electron chi connectivity index (χ1n) is 8.20. The summed E-state index contributed by atoms with van der Waals surface area (Å²) in [6.45, 7) is 1.61. The molecule has 7 nitrogen and oxygen atoms in total. The molecule has 27 heavy (non-hydrogen) atoms. The van der Waals surface area contributed by atoms with Crippen molar-refractivity contribution in [2.75, 3.05) is 24.8 Å². The molecular formula is C19H21NO6S. The smallest absolute Gasteiger partial charge is 0.341 e. The Hall–Kier alpha value is -2.87. The summed E-state index contributed by atoms with van der Waals surface area (Å²) in [6.07, 6.45) is 1.62. The number of anilines is 1. The molecule has 2 aromatic rings. The molecule has 0 saturated carbocycles. The third-order valence-electron chi connectivity index (χ3n) is 3.41. The zero-order chi connectivity index (χ0) is 19.8. The number of carbonyl (C=O) groups is 2. The molecule has 0 aliphatic carbocycles. The first-order valence-corrected chi connectivity index (χ1v) is 9.93. The first kappa shape index (κ1) is 20.4. The van der Waals surface area contributed by atoms with Crippen LogP contribution < -0.4 is 14.8 Å². The van der Waals surface area contributed by atoms with Gasteiger partial charge in [0.05, 0.1) is 6.61 Å². The van der Waals surface area contributed by atoms with Crippen molar-refractivity contribution in [3.05, 3.63) is 53.6 Å². The molecular weight excluding hydrogens is 370 g/mol. The minimum atomic E-state index is -1.10. The summed E-state index contributed by atoms with van der Waals surface area (Å²) in [7, 11) is -0.972. The molecule has 2 aromatic carbocycles. The van der Waals surface area contributed by atoms with Gasteiger partial charge in [-0.15, -0.1) is 0 Å². The normalized spacial score (nSPS) is 11.5. The second-order valence-corrected chi connectivity index (χ2v) is 7.08. The lowest BCUT2D eigenvalue weighted by Crippen LogP contribution is -2.14. The van der Waals surface area contributed by atoms with Crippen molar-refractivity contribution in [1.29, 1.82) is 0 Å². The average Bonchev–Trinajstić information content (AvgIpc) is 2.60. The van der Waals surface area contributed by atoms with E-state index in [4.69, 9.17) is 14.6 Å². The van der Waals surface area contributed by atoms with E-state index in [2.05, 4.69) is 5.32 Å². The van der Waals surface area contributed by atoms with E-state index in [1.54, 1.807) is 31.4 Å². The summed E-state index contributed by atoms with van der Waals surface area (Å²) in [6, 6.07) is 11.7. The number of nitrogens with one attached hydrogen (secondary N) is 1. The number of ether oxygens (including phenoxy) is 2. The minimum absolute atomic E-state index is 0.253. The fourth-order valence-corrected chi connectivity index (χ4v) is 3.00. The Balaban J connectivity index is 2.17. The van der Waals surface area contributed by atoms with Gasteiger partial charge in [0.25, 0.3) is 5.91 Å². The van der Waals surface area contributed by atoms with Gasteiger partial charge in [-0.3, -0.25) is 9.00 Å². The quantitative estimate of drug-likeness (QED) is 0.681. The van der Waals surface area contributed by atoms with Crippen LogP contribution in [0.25, 0.3) is 0 Å². The maximum atomic E-state index is 12.5. The Labute approximate surface area is 159 Å². The van der Waals surface area contributed by atoms with Gasteiger partial charge in [-0.1, -0.05) is 12.1 Å². The van der Waals surface area contributed by atoms with E-state index in [9.17, 15) is 13.8 Å². The van der Waals surface area contributed by atoms with E-state index in [0.29, 0.717) is 29.4 Å². The first-order chi connectivity index (χ1) is 12.9. The van der Waals surface area contributed by atoms with Crippen LogP contribution in [0.2, 0.25) is 0 Å². The Morgan fingerprint density at radius 3 is 2.56 bits per heavy atom. The minimum Gasteiger partial charge on any atom is -0.490 e. The zero-order valence-electron chi connectivity index (χ0n) is 15.1. The zero-order valence-corrected chi connectivity index (χ0v) is 15.9. The van der Waals surface area contributed by atoms with Gasteiger partial charge in [0.2, 0.25) is 0 Å². The number of aliphatic carboxylic acids is 1. The highest BCUT2D eigenvalue weighted by Gasteiger charge is 2.13. The number of hydrogen-bond acceptors (Lipinski definition) is 5. The average molecular weight is 391 g/mol. The molecule has 0 spiro atoms. The van der Waals surface area contributed by atoms with E-state index in [1.807, 2.05) is 6.07 Å². The summed E-state index contributed by atoms with van der Waals surface area (Å²) < 4.78 is 22.0. The number of amides is 1. The van der Waals surface area contributed by atoms with Crippen molar-refractivity contribution in [1.82, 2.24) is 0 Å². The van der Waals surface area contributed by atoms with Crippen molar-refractivity contribution in [3.63, 3.8) is 0 Å². The predicted molar refractivity (Wildman–Crippen MR) is 103 cm³/mol. The van der Waals surface area contributed by atoms with Crippen molar-refractivity contribution in [2.45, 2.75) is 12.7 Å². The Bertz CT molecular complexity index is 852. The molecule has 0 bridgehead atoms. The van der Waals surface area contributed by atoms with E-state index in [-0.39, 0.29) is 11.7 Å². The molecule has 2 rings (SSSR count). The van der Waals surface area contributed by atoms with Crippen molar-refractivity contribution in [3.8, 4) is 11.5 Å². The van der Waals surface area contributed by atoms with Crippen LogP contribution in [0.3, 0.4) is 0 Å². The van der Waals surface area contributed by atoms with Gasteiger partial charge in [-0.2, -0.15) is 0 Å². The van der Waals surface area contributed by atoms with E-state index >= 15 is 0 Å². The monoisotopic (exact) mass is 391 g/mol. The lowest BCUT2D eigenvalue weighted by Gasteiger charge is -2.13. The molecule has 0 saturated heterocycles. The van der Waals surface area contributed by atoms with Crippen molar-refractivity contribution in [2.24, 2.45) is 0 Å². The number of carbonyl (C=O) groups excluding carboxylic acids is 1. The van der Waals surface area contributed by atoms with Crippen molar-refractivity contribution < 1.29 is 28.4 Å². The van der Waals surface area contributed by atoms with Crippen LogP contribution in [0.1, 0.15) is 22.8 Å². The van der Waals surface area contributed by atoms with Gasteiger partial charge in [0, 0.05) is 34.1 Å². The van der Waals surface area contributed by atoms with Gasteiger partial charge >= 0.3 is 5.97 Å². The Kier molecular flexibility index (Phi) is 7.36. The van der Waals surface area contributed by atoms with Crippen LogP contribution >= 0.6 is 0 Å². The summed E-state index contributed by atoms with van der Waals surface area (Å²) in [5.41, 5.74) is 1.79. The molecule has 1 atom stereocenters. The third kappa shape index (κ3) is 6.41. The number of hydrogen-bond donors (Lipinski definition) is 2. The lowest BCUT2D eigenvalue weighted by atomic mass is 10.1. The number of carboxylic acid groups (broad SMARTS) is 1.